The lowest BCUT2D eigenvalue weighted by Crippen LogP contribution is -2.48. The zero-order chi connectivity index (χ0) is 21.4. The number of fused-ring (bicyclic) bond motifs is 1. The van der Waals surface area contributed by atoms with Crippen LogP contribution in [-0.2, 0) is 17.0 Å². The van der Waals surface area contributed by atoms with E-state index in [9.17, 15) is 9.90 Å². The molecular formula is C26H22ClNO3. The fourth-order valence-electron chi connectivity index (χ4n) is 4.48. The van der Waals surface area contributed by atoms with Gasteiger partial charge in [-0.05, 0) is 23.8 Å². The first kappa shape index (κ1) is 20.0. The smallest absolute Gasteiger partial charge is 0.257 e. The van der Waals surface area contributed by atoms with E-state index < -0.39 is 11.8 Å². The number of carbonyl (C=O) groups is 1. The molecule has 1 N–H and O–H groups in total. The zero-order valence-corrected chi connectivity index (χ0v) is 17.6. The lowest BCUT2D eigenvalue weighted by Gasteiger charge is -2.41. The maximum atomic E-state index is 13.6. The van der Waals surface area contributed by atoms with Crippen molar-refractivity contribution in [2.75, 3.05) is 0 Å². The summed E-state index contributed by atoms with van der Waals surface area (Å²) >= 11 is 6.18. The predicted molar refractivity (Wildman–Crippen MR) is 120 cm³/mol. The summed E-state index contributed by atoms with van der Waals surface area (Å²) in [5.74, 6) is -0.0862. The molecule has 1 aliphatic heterocycles. The molecular weight excluding hydrogens is 410 g/mol. The maximum Gasteiger partial charge on any atom is 0.257 e. The minimum absolute atomic E-state index is 0.0862. The number of hydrogen-bond donors (Lipinski definition) is 1. The largest absolute Gasteiger partial charge is 0.389 e. The summed E-state index contributed by atoms with van der Waals surface area (Å²) in [6.45, 7) is 0.385. The molecule has 5 heteroatoms. The molecule has 4 nitrogen and oxygen atoms in total. The lowest BCUT2D eigenvalue weighted by molar-refractivity contribution is -0.137. The van der Waals surface area contributed by atoms with E-state index in [0.29, 0.717) is 23.6 Å². The molecule has 0 aromatic heterocycles. The van der Waals surface area contributed by atoms with Crippen molar-refractivity contribution in [3.63, 3.8) is 0 Å². The van der Waals surface area contributed by atoms with Crippen LogP contribution in [0.4, 0.5) is 0 Å². The first-order valence-electron chi connectivity index (χ1n) is 10.3. The normalized spacial score (nSPS) is 24.6. The Morgan fingerprint density at radius 3 is 2.39 bits per heavy atom. The third-order valence-electron chi connectivity index (χ3n) is 5.91. The number of aliphatic hydroxyl groups excluding tert-OH is 1. The van der Waals surface area contributed by atoms with Gasteiger partial charge >= 0.3 is 0 Å². The topological polar surface area (TPSA) is 49.8 Å². The van der Waals surface area contributed by atoms with Crippen molar-refractivity contribution >= 4 is 17.5 Å². The molecule has 156 valence electrons. The SMILES string of the molecule is O=C1c2ccccc2C(OC2C=CC(O)C2)(c2ccc(Cl)cc2)N1Cc1ccccc1. The number of rotatable bonds is 5. The van der Waals surface area contributed by atoms with Gasteiger partial charge < -0.3 is 9.84 Å². The van der Waals surface area contributed by atoms with Crippen molar-refractivity contribution in [2.45, 2.75) is 30.9 Å². The zero-order valence-electron chi connectivity index (χ0n) is 16.8. The van der Waals surface area contributed by atoms with Crippen LogP contribution in [0.3, 0.4) is 0 Å². The maximum absolute atomic E-state index is 13.6. The van der Waals surface area contributed by atoms with Crippen molar-refractivity contribution in [1.29, 1.82) is 0 Å². The van der Waals surface area contributed by atoms with Crippen LogP contribution in [0.25, 0.3) is 0 Å². The minimum atomic E-state index is -1.13. The van der Waals surface area contributed by atoms with Crippen molar-refractivity contribution < 1.29 is 14.6 Å². The van der Waals surface area contributed by atoms with Crippen molar-refractivity contribution in [2.24, 2.45) is 0 Å². The third-order valence-corrected chi connectivity index (χ3v) is 6.16. The molecule has 3 unspecified atom stereocenters. The van der Waals surface area contributed by atoms with E-state index in [0.717, 1.165) is 16.7 Å². The molecule has 1 aliphatic carbocycles. The predicted octanol–water partition coefficient (Wildman–Crippen LogP) is 4.90. The molecule has 1 heterocycles. The standard InChI is InChI=1S/C26H22ClNO3/c27-20-12-10-19(11-13-20)26(31-22-15-14-21(29)16-22)24-9-5-4-8-23(24)25(30)28(26)17-18-6-2-1-3-7-18/h1-15,21-22,29H,16-17H2. The average Bonchev–Trinajstić information content (AvgIpc) is 3.30. The molecule has 3 atom stereocenters. The molecule has 0 radical (unpaired) electrons. The molecule has 31 heavy (non-hydrogen) atoms. The molecule has 0 saturated heterocycles. The molecule has 1 amide bonds. The fourth-order valence-corrected chi connectivity index (χ4v) is 4.61. The van der Waals surface area contributed by atoms with Gasteiger partial charge in [0.1, 0.15) is 0 Å². The number of aliphatic hydroxyl groups is 1. The first-order chi connectivity index (χ1) is 15.1. The number of carbonyl (C=O) groups excluding carboxylic acids is 1. The highest BCUT2D eigenvalue weighted by Crippen LogP contribution is 2.47. The van der Waals surface area contributed by atoms with Crippen LogP contribution in [-0.4, -0.2) is 28.1 Å². The van der Waals surface area contributed by atoms with E-state index in [1.54, 1.807) is 11.0 Å². The Labute approximate surface area is 186 Å². The van der Waals surface area contributed by atoms with Crippen LogP contribution in [0.15, 0.2) is 91.0 Å². The summed E-state index contributed by atoms with van der Waals surface area (Å²) in [6, 6.07) is 24.9. The Hall–Kier alpha value is -2.92. The van der Waals surface area contributed by atoms with E-state index in [4.69, 9.17) is 16.3 Å². The van der Waals surface area contributed by atoms with Gasteiger partial charge in [-0.2, -0.15) is 0 Å². The van der Waals surface area contributed by atoms with E-state index in [1.165, 1.54) is 0 Å². The third kappa shape index (κ3) is 3.47. The fraction of sp³-hybridized carbons (Fsp3) is 0.192. The van der Waals surface area contributed by atoms with Gasteiger partial charge in [0, 0.05) is 34.7 Å². The molecule has 0 bridgehead atoms. The number of amides is 1. The summed E-state index contributed by atoms with van der Waals surface area (Å²) in [5, 5.41) is 10.7. The summed E-state index contributed by atoms with van der Waals surface area (Å²) < 4.78 is 6.75. The molecule has 3 aromatic carbocycles. The Morgan fingerprint density at radius 2 is 1.68 bits per heavy atom. The van der Waals surface area contributed by atoms with Crippen molar-refractivity contribution in [1.82, 2.24) is 4.90 Å². The Bertz CT molecular complexity index is 1130. The number of benzene rings is 3. The van der Waals surface area contributed by atoms with Crippen LogP contribution >= 0.6 is 11.6 Å². The van der Waals surface area contributed by atoms with Gasteiger partial charge in [-0.25, -0.2) is 0 Å². The molecule has 0 spiro atoms. The summed E-state index contributed by atoms with van der Waals surface area (Å²) in [4.78, 5) is 15.4. The Morgan fingerprint density at radius 1 is 0.968 bits per heavy atom. The van der Waals surface area contributed by atoms with Gasteiger partial charge in [-0.15, -0.1) is 0 Å². The highest BCUT2D eigenvalue weighted by Gasteiger charge is 2.53. The molecule has 0 saturated carbocycles. The van der Waals surface area contributed by atoms with Gasteiger partial charge in [0.15, 0.2) is 5.72 Å². The van der Waals surface area contributed by atoms with E-state index >= 15 is 0 Å². The number of halogens is 1. The lowest BCUT2D eigenvalue weighted by atomic mass is 9.92. The van der Waals surface area contributed by atoms with Crippen LogP contribution in [0, 0.1) is 0 Å². The second kappa shape index (κ2) is 7.97. The van der Waals surface area contributed by atoms with E-state index in [2.05, 4.69) is 0 Å². The van der Waals surface area contributed by atoms with Gasteiger partial charge in [-0.3, -0.25) is 9.69 Å². The quantitative estimate of drug-likeness (QED) is 0.584. The van der Waals surface area contributed by atoms with Crippen LogP contribution in [0.2, 0.25) is 5.02 Å². The number of hydrogen-bond acceptors (Lipinski definition) is 3. The summed E-state index contributed by atoms with van der Waals surface area (Å²) in [7, 11) is 0. The second-order valence-electron chi connectivity index (χ2n) is 7.92. The van der Waals surface area contributed by atoms with Gasteiger partial charge in [0.25, 0.3) is 5.91 Å². The van der Waals surface area contributed by atoms with Crippen molar-refractivity contribution in [3.05, 3.63) is 118 Å². The van der Waals surface area contributed by atoms with Crippen LogP contribution in [0.1, 0.15) is 33.5 Å². The van der Waals surface area contributed by atoms with Crippen LogP contribution < -0.4 is 0 Å². The van der Waals surface area contributed by atoms with Crippen LogP contribution in [0.5, 0.6) is 0 Å². The molecule has 3 aromatic rings. The van der Waals surface area contributed by atoms with Gasteiger partial charge in [0.05, 0.1) is 12.2 Å². The first-order valence-corrected chi connectivity index (χ1v) is 10.7. The minimum Gasteiger partial charge on any atom is -0.389 e. The number of ether oxygens (including phenoxy) is 1. The Balaban J connectivity index is 1.70. The number of nitrogens with zero attached hydrogens (tertiary/aromatic N) is 1. The molecule has 0 fully saturated rings. The van der Waals surface area contributed by atoms with E-state index in [1.807, 2.05) is 84.9 Å². The second-order valence-corrected chi connectivity index (χ2v) is 8.35. The van der Waals surface area contributed by atoms with Crippen molar-refractivity contribution in [3.8, 4) is 0 Å². The Kier molecular flexibility index (Phi) is 5.14. The molecule has 5 rings (SSSR count). The highest BCUT2D eigenvalue weighted by molar-refractivity contribution is 6.30. The summed E-state index contributed by atoms with van der Waals surface area (Å²) in [6.07, 6.45) is 3.18. The highest BCUT2D eigenvalue weighted by atomic mass is 35.5. The summed E-state index contributed by atoms with van der Waals surface area (Å²) in [5.41, 5.74) is 2.12. The van der Waals surface area contributed by atoms with Gasteiger partial charge in [-0.1, -0.05) is 84.4 Å². The van der Waals surface area contributed by atoms with Gasteiger partial charge in [0.2, 0.25) is 0 Å². The monoisotopic (exact) mass is 431 g/mol. The molecule has 2 aliphatic rings. The average molecular weight is 432 g/mol. The van der Waals surface area contributed by atoms with E-state index in [-0.39, 0.29) is 12.0 Å².